The standard InChI is InChI=1S/C15H24N2/c1-14(2,3)13-11-9-7-8-10-12(11)16-17(13)15(4,5)6/h7-10,13,16H,1-6H3. The van der Waals surface area contributed by atoms with Gasteiger partial charge < -0.3 is 5.43 Å². The number of para-hydroxylation sites is 1. The third-order valence-electron chi connectivity index (χ3n) is 3.30. The number of hydrazine groups is 1. The van der Waals surface area contributed by atoms with Crippen LogP contribution in [0.25, 0.3) is 0 Å². The van der Waals surface area contributed by atoms with Gasteiger partial charge in [-0.15, -0.1) is 0 Å². The predicted octanol–water partition coefficient (Wildman–Crippen LogP) is 4.21. The van der Waals surface area contributed by atoms with E-state index in [1.54, 1.807) is 0 Å². The molecule has 2 nitrogen and oxygen atoms in total. The molecule has 94 valence electrons. The van der Waals surface area contributed by atoms with Crippen molar-refractivity contribution < 1.29 is 0 Å². The predicted molar refractivity (Wildman–Crippen MR) is 73.9 cm³/mol. The van der Waals surface area contributed by atoms with E-state index in [9.17, 15) is 0 Å². The summed E-state index contributed by atoms with van der Waals surface area (Å²) in [5.41, 5.74) is 6.55. The van der Waals surface area contributed by atoms with Crippen molar-refractivity contribution >= 4 is 5.69 Å². The molecule has 0 aliphatic carbocycles. The van der Waals surface area contributed by atoms with E-state index in [0.29, 0.717) is 6.04 Å². The number of hydrogen-bond acceptors (Lipinski definition) is 2. The first-order valence-corrected chi connectivity index (χ1v) is 6.36. The fraction of sp³-hybridized carbons (Fsp3) is 0.600. The highest BCUT2D eigenvalue weighted by atomic mass is 15.6. The lowest BCUT2D eigenvalue weighted by Gasteiger charge is -2.42. The summed E-state index contributed by atoms with van der Waals surface area (Å²) in [6.07, 6.45) is 0. The summed E-state index contributed by atoms with van der Waals surface area (Å²) in [6, 6.07) is 9.05. The summed E-state index contributed by atoms with van der Waals surface area (Å²) in [5, 5.41) is 2.39. The smallest absolute Gasteiger partial charge is 0.0615 e. The number of anilines is 1. The zero-order valence-corrected chi connectivity index (χ0v) is 11.8. The molecule has 2 heteroatoms. The summed E-state index contributed by atoms with van der Waals surface area (Å²) in [4.78, 5) is 0. The van der Waals surface area contributed by atoms with E-state index in [0.717, 1.165) is 0 Å². The normalized spacial score (nSPS) is 21.2. The van der Waals surface area contributed by atoms with Gasteiger partial charge in [0.1, 0.15) is 0 Å². The first-order chi connectivity index (χ1) is 7.71. The molecule has 0 saturated heterocycles. The molecule has 1 aromatic rings. The summed E-state index contributed by atoms with van der Waals surface area (Å²) < 4.78 is 0. The van der Waals surface area contributed by atoms with Crippen molar-refractivity contribution in [3.63, 3.8) is 0 Å². The fourth-order valence-corrected chi connectivity index (χ4v) is 2.58. The second kappa shape index (κ2) is 3.74. The van der Waals surface area contributed by atoms with Crippen molar-refractivity contribution in [2.45, 2.75) is 53.1 Å². The van der Waals surface area contributed by atoms with Crippen molar-refractivity contribution in [3.05, 3.63) is 29.8 Å². The van der Waals surface area contributed by atoms with Gasteiger partial charge in [0.05, 0.1) is 11.7 Å². The zero-order chi connectivity index (χ0) is 12.8. The van der Waals surface area contributed by atoms with Gasteiger partial charge in [-0.2, -0.15) is 0 Å². The van der Waals surface area contributed by atoms with Gasteiger partial charge >= 0.3 is 0 Å². The molecule has 0 fully saturated rings. The number of benzene rings is 1. The molecule has 1 atom stereocenters. The van der Waals surface area contributed by atoms with Crippen LogP contribution in [0.5, 0.6) is 0 Å². The molecule has 0 spiro atoms. The van der Waals surface area contributed by atoms with E-state index >= 15 is 0 Å². The molecule has 2 rings (SSSR count). The molecular formula is C15H24N2. The minimum atomic E-state index is 0.108. The van der Waals surface area contributed by atoms with Crippen LogP contribution in [0.3, 0.4) is 0 Å². The van der Waals surface area contributed by atoms with Gasteiger partial charge in [-0.1, -0.05) is 39.0 Å². The number of rotatable bonds is 0. The van der Waals surface area contributed by atoms with E-state index in [1.165, 1.54) is 11.3 Å². The topological polar surface area (TPSA) is 15.3 Å². The monoisotopic (exact) mass is 232 g/mol. The minimum absolute atomic E-state index is 0.108. The first-order valence-electron chi connectivity index (χ1n) is 6.36. The SMILES string of the molecule is CC(C)(C)C1c2ccccc2NN1C(C)(C)C. The minimum Gasteiger partial charge on any atom is -0.317 e. The first kappa shape index (κ1) is 12.4. The molecule has 1 aromatic carbocycles. The maximum atomic E-state index is 3.56. The van der Waals surface area contributed by atoms with Crippen LogP contribution in [0.1, 0.15) is 53.1 Å². The zero-order valence-electron chi connectivity index (χ0n) is 11.8. The second-order valence-corrected chi connectivity index (χ2v) is 7.01. The van der Waals surface area contributed by atoms with Crippen molar-refractivity contribution in [1.29, 1.82) is 0 Å². The van der Waals surface area contributed by atoms with Crippen molar-refractivity contribution in [3.8, 4) is 0 Å². The molecular weight excluding hydrogens is 208 g/mol. The van der Waals surface area contributed by atoms with Crippen LogP contribution in [0.2, 0.25) is 0 Å². The highest BCUT2D eigenvalue weighted by molar-refractivity contribution is 5.56. The van der Waals surface area contributed by atoms with Gasteiger partial charge in [-0.3, -0.25) is 0 Å². The van der Waals surface area contributed by atoms with Crippen molar-refractivity contribution in [2.75, 3.05) is 5.43 Å². The van der Waals surface area contributed by atoms with Crippen LogP contribution >= 0.6 is 0 Å². The third-order valence-corrected chi connectivity index (χ3v) is 3.30. The highest BCUT2D eigenvalue weighted by Crippen LogP contribution is 2.48. The molecule has 0 radical (unpaired) electrons. The van der Waals surface area contributed by atoms with Gasteiger partial charge in [0.2, 0.25) is 0 Å². The van der Waals surface area contributed by atoms with Crippen LogP contribution in [-0.2, 0) is 0 Å². The van der Waals surface area contributed by atoms with Gasteiger partial charge in [0.15, 0.2) is 0 Å². The highest BCUT2D eigenvalue weighted by Gasteiger charge is 2.42. The number of nitrogens with one attached hydrogen (secondary N) is 1. The summed E-state index contributed by atoms with van der Waals surface area (Å²) in [6.45, 7) is 13.7. The fourth-order valence-electron chi connectivity index (χ4n) is 2.58. The Bertz CT molecular complexity index is 410. The third kappa shape index (κ3) is 2.19. The molecule has 1 heterocycles. The summed E-state index contributed by atoms with van der Waals surface area (Å²) in [5.74, 6) is 0. The average Bonchev–Trinajstić information content (AvgIpc) is 2.54. The quantitative estimate of drug-likeness (QED) is 0.720. The van der Waals surface area contributed by atoms with Crippen LogP contribution in [0, 0.1) is 5.41 Å². The van der Waals surface area contributed by atoms with Gasteiger partial charge in [-0.05, 0) is 37.8 Å². The molecule has 0 saturated carbocycles. The van der Waals surface area contributed by atoms with Crippen LogP contribution in [0.4, 0.5) is 5.69 Å². The number of fused-ring (bicyclic) bond motifs is 1. The molecule has 0 aromatic heterocycles. The average molecular weight is 232 g/mol. The number of hydrogen-bond donors (Lipinski definition) is 1. The Balaban J connectivity index is 2.48. The largest absolute Gasteiger partial charge is 0.317 e. The van der Waals surface area contributed by atoms with Crippen molar-refractivity contribution in [1.82, 2.24) is 5.01 Å². The molecule has 0 amide bonds. The molecule has 1 unspecified atom stereocenters. The Morgan fingerprint density at radius 2 is 1.59 bits per heavy atom. The van der Waals surface area contributed by atoms with Crippen molar-refractivity contribution in [2.24, 2.45) is 5.41 Å². The Hall–Kier alpha value is -1.02. The lowest BCUT2D eigenvalue weighted by atomic mass is 9.81. The van der Waals surface area contributed by atoms with Gasteiger partial charge in [-0.25, -0.2) is 5.01 Å². The van der Waals surface area contributed by atoms with Gasteiger partial charge in [0, 0.05) is 5.54 Å². The van der Waals surface area contributed by atoms with Gasteiger partial charge in [0.25, 0.3) is 0 Å². The van der Waals surface area contributed by atoms with E-state index in [4.69, 9.17) is 0 Å². The van der Waals surface area contributed by atoms with E-state index in [2.05, 4.69) is 76.2 Å². The molecule has 1 aliphatic heterocycles. The Kier molecular flexibility index (Phi) is 2.74. The molecule has 1 N–H and O–H groups in total. The van der Waals surface area contributed by atoms with E-state index < -0.39 is 0 Å². The second-order valence-electron chi connectivity index (χ2n) is 7.01. The lowest BCUT2D eigenvalue weighted by molar-refractivity contribution is 0.0587. The van der Waals surface area contributed by atoms with Crippen LogP contribution < -0.4 is 5.43 Å². The van der Waals surface area contributed by atoms with Crippen LogP contribution in [-0.4, -0.2) is 10.5 Å². The Morgan fingerprint density at radius 3 is 2.12 bits per heavy atom. The maximum absolute atomic E-state index is 3.56. The Labute approximate surface area is 105 Å². The number of nitrogens with zero attached hydrogens (tertiary/aromatic N) is 1. The molecule has 0 bridgehead atoms. The summed E-state index contributed by atoms with van der Waals surface area (Å²) in [7, 11) is 0. The van der Waals surface area contributed by atoms with E-state index in [1.807, 2.05) is 0 Å². The van der Waals surface area contributed by atoms with E-state index in [-0.39, 0.29) is 11.0 Å². The van der Waals surface area contributed by atoms with Crippen LogP contribution in [0.15, 0.2) is 24.3 Å². The maximum Gasteiger partial charge on any atom is 0.0615 e. The molecule has 17 heavy (non-hydrogen) atoms. The Morgan fingerprint density at radius 1 is 1.00 bits per heavy atom. The summed E-state index contributed by atoms with van der Waals surface area (Å²) >= 11 is 0. The molecule has 1 aliphatic rings. The lowest BCUT2D eigenvalue weighted by Crippen LogP contribution is -2.47.